The normalized spacial score (nSPS) is 11.8. The van der Waals surface area contributed by atoms with Gasteiger partial charge in [-0.1, -0.05) is 6.92 Å². The number of nitrogens with one attached hydrogen (secondary N) is 1. The van der Waals surface area contributed by atoms with Gasteiger partial charge in [0.15, 0.2) is 0 Å². The Kier molecular flexibility index (Phi) is 3.88. The first-order chi connectivity index (χ1) is 7.50. The lowest BCUT2D eigenvalue weighted by molar-refractivity contribution is -0.140. The van der Waals surface area contributed by atoms with E-state index in [1.807, 2.05) is 0 Å². The maximum atomic E-state index is 10.8. The lowest BCUT2D eigenvalue weighted by Gasteiger charge is -2.09. The smallest absolute Gasteiger partial charge is 0.308 e. The molecule has 0 aliphatic carbocycles. The van der Waals surface area contributed by atoms with E-state index in [1.54, 1.807) is 31.2 Å². The minimum Gasteiger partial charge on any atom is -0.481 e. The van der Waals surface area contributed by atoms with Crippen LogP contribution in [0.15, 0.2) is 24.3 Å². The Morgan fingerprint density at radius 2 is 1.94 bits per heavy atom. The Morgan fingerprint density at radius 1 is 1.38 bits per heavy atom. The third kappa shape index (κ3) is 3.27. The van der Waals surface area contributed by atoms with Crippen LogP contribution in [-0.2, 0) is 4.79 Å². The number of aliphatic carboxylic acids is 1. The van der Waals surface area contributed by atoms with Crippen LogP contribution in [0.2, 0.25) is 0 Å². The van der Waals surface area contributed by atoms with E-state index in [-0.39, 0.29) is 0 Å². The van der Waals surface area contributed by atoms with Crippen LogP contribution in [0.5, 0.6) is 0 Å². The molecule has 4 N–H and O–H groups in total. The zero-order chi connectivity index (χ0) is 12.1. The van der Waals surface area contributed by atoms with Gasteiger partial charge in [-0.2, -0.15) is 0 Å². The molecule has 86 valence electrons. The zero-order valence-electron chi connectivity index (χ0n) is 8.93. The molecule has 0 heterocycles. The molecule has 1 amide bonds. The van der Waals surface area contributed by atoms with Gasteiger partial charge in [0.1, 0.15) is 0 Å². The van der Waals surface area contributed by atoms with Crippen LogP contribution in [0.1, 0.15) is 17.3 Å². The second-order valence-corrected chi connectivity index (χ2v) is 3.56. The highest BCUT2D eigenvalue weighted by molar-refractivity contribution is 5.93. The topological polar surface area (TPSA) is 92.4 Å². The van der Waals surface area contributed by atoms with E-state index >= 15 is 0 Å². The Balaban J connectivity index is 2.56. The second-order valence-electron chi connectivity index (χ2n) is 3.56. The van der Waals surface area contributed by atoms with Crippen molar-refractivity contribution in [2.75, 3.05) is 11.9 Å². The quantitative estimate of drug-likeness (QED) is 0.690. The predicted molar refractivity (Wildman–Crippen MR) is 60.2 cm³/mol. The summed E-state index contributed by atoms with van der Waals surface area (Å²) in [6.07, 6.45) is 0. The molecule has 5 nitrogen and oxygen atoms in total. The monoisotopic (exact) mass is 222 g/mol. The number of carbonyl (C=O) groups is 2. The number of nitrogens with two attached hydrogens (primary N) is 1. The molecular formula is C11H14N2O3. The molecule has 0 aliphatic rings. The molecule has 0 aromatic heterocycles. The molecule has 0 radical (unpaired) electrons. The van der Waals surface area contributed by atoms with E-state index in [0.717, 1.165) is 5.69 Å². The summed E-state index contributed by atoms with van der Waals surface area (Å²) in [5.41, 5.74) is 6.28. The van der Waals surface area contributed by atoms with Crippen molar-refractivity contribution in [2.24, 2.45) is 11.7 Å². The van der Waals surface area contributed by atoms with Crippen molar-refractivity contribution in [1.29, 1.82) is 0 Å². The number of benzene rings is 1. The van der Waals surface area contributed by atoms with Gasteiger partial charge in [0.25, 0.3) is 0 Å². The maximum absolute atomic E-state index is 10.8. The van der Waals surface area contributed by atoms with Crippen LogP contribution in [0.4, 0.5) is 5.69 Å². The van der Waals surface area contributed by atoms with Crippen LogP contribution >= 0.6 is 0 Å². The molecule has 0 aliphatic heterocycles. The van der Waals surface area contributed by atoms with E-state index in [1.165, 1.54) is 0 Å². The van der Waals surface area contributed by atoms with Gasteiger partial charge < -0.3 is 16.2 Å². The summed E-state index contributed by atoms with van der Waals surface area (Å²) < 4.78 is 0. The van der Waals surface area contributed by atoms with E-state index in [9.17, 15) is 9.59 Å². The summed E-state index contributed by atoms with van der Waals surface area (Å²) in [6.45, 7) is 1.96. The molecule has 1 atom stereocenters. The van der Waals surface area contributed by atoms with Gasteiger partial charge in [0.2, 0.25) is 5.91 Å². The number of carbonyl (C=O) groups excluding carboxylic acids is 1. The largest absolute Gasteiger partial charge is 0.481 e. The molecule has 0 spiro atoms. The number of primary amides is 1. The highest BCUT2D eigenvalue weighted by Crippen LogP contribution is 2.09. The molecular weight excluding hydrogens is 208 g/mol. The fraction of sp³-hybridized carbons (Fsp3) is 0.273. The van der Waals surface area contributed by atoms with Gasteiger partial charge >= 0.3 is 5.97 Å². The molecule has 1 rings (SSSR count). The molecule has 16 heavy (non-hydrogen) atoms. The third-order valence-corrected chi connectivity index (χ3v) is 2.20. The Labute approximate surface area is 93.3 Å². The molecule has 1 unspecified atom stereocenters. The van der Waals surface area contributed by atoms with Gasteiger partial charge in [-0.05, 0) is 24.3 Å². The van der Waals surface area contributed by atoms with Gasteiger partial charge in [-0.3, -0.25) is 9.59 Å². The van der Waals surface area contributed by atoms with Crippen molar-refractivity contribution in [3.8, 4) is 0 Å². The van der Waals surface area contributed by atoms with E-state index in [4.69, 9.17) is 10.8 Å². The summed E-state index contributed by atoms with van der Waals surface area (Å²) >= 11 is 0. The molecule has 0 saturated heterocycles. The van der Waals surface area contributed by atoms with Crippen LogP contribution in [0.25, 0.3) is 0 Å². The average molecular weight is 222 g/mol. The SMILES string of the molecule is CC(CNc1ccc(C(N)=O)cc1)C(=O)O. The summed E-state index contributed by atoms with van der Waals surface area (Å²) in [7, 11) is 0. The summed E-state index contributed by atoms with van der Waals surface area (Å²) in [6, 6.07) is 6.57. The van der Waals surface area contributed by atoms with Crippen LogP contribution in [0, 0.1) is 5.92 Å². The van der Waals surface area contributed by atoms with Crippen molar-refractivity contribution in [3.05, 3.63) is 29.8 Å². The van der Waals surface area contributed by atoms with E-state index in [2.05, 4.69) is 5.32 Å². The molecule has 0 saturated carbocycles. The minimum absolute atomic E-state index is 0.339. The summed E-state index contributed by atoms with van der Waals surface area (Å²) in [5.74, 6) is -1.79. The van der Waals surface area contributed by atoms with Gasteiger partial charge in [-0.15, -0.1) is 0 Å². The average Bonchev–Trinajstić information content (AvgIpc) is 2.26. The van der Waals surface area contributed by atoms with E-state index < -0.39 is 17.8 Å². The molecule has 1 aromatic rings. The van der Waals surface area contributed by atoms with E-state index in [0.29, 0.717) is 12.1 Å². The number of amides is 1. The number of carboxylic acid groups (broad SMARTS) is 1. The first kappa shape index (κ1) is 12.0. The summed E-state index contributed by atoms with van der Waals surface area (Å²) in [5, 5.41) is 11.6. The predicted octanol–water partition coefficient (Wildman–Crippen LogP) is 0.918. The second kappa shape index (κ2) is 5.16. The van der Waals surface area contributed by atoms with Crippen molar-refractivity contribution in [1.82, 2.24) is 0 Å². The molecule has 1 aromatic carbocycles. The fourth-order valence-electron chi connectivity index (χ4n) is 1.11. The lowest BCUT2D eigenvalue weighted by Crippen LogP contribution is -2.19. The molecule has 5 heteroatoms. The first-order valence-corrected chi connectivity index (χ1v) is 4.87. The Bertz CT molecular complexity index is 387. The summed E-state index contributed by atoms with van der Waals surface area (Å²) in [4.78, 5) is 21.4. The third-order valence-electron chi connectivity index (χ3n) is 2.20. The van der Waals surface area contributed by atoms with Crippen molar-refractivity contribution in [2.45, 2.75) is 6.92 Å². The minimum atomic E-state index is -0.846. The molecule has 0 bridgehead atoms. The van der Waals surface area contributed by atoms with Crippen LogP contribution in [0.3, 0.4) is 0 Å². The number of hydrogen-bond donors (Lipinski definition) is 3. The van der Waals surface area contributed by atoms with Gasteiger partial charge in [0.05, 0.1) is 5.92 Å². The Hall–Kier alpha value is -2.04. The highest BCUT2D eigenvalue weighted by Gasteiger charge is 2.09. The van der Waals surface area contributed by atoms with Crippen molar-refractivity contribution >= 4 is 17.6 Å². The number of anilines is 1. The van der Waals surface area contributed by atoms with Crippen molar-refractivity contribution in [3.63, 3.8) is 0 Å². The van der Waals surface area contributed by atoms with Gasteiger partial charge in [-0.25, -0.2) is 0 Å². The number of rotatable bonds is 5. The number of hydrogen-bond acceptors (Lipinski definition) is 3. The van der Waals surface area contributed by atoms with Gasteiger partial charge in [0, 0.05) is 17.8 Å². The van der Waals surface area contributed by atoms with Crippen LogP contribution < -0.4 is 11.1 Å². The first-order valence-electron chi connectivity index (χ1n) is 4.87. The fourth-order valence-corrected chi connectivity index (χ4v) is 1.11. The number of carboxylic acids is 1. The maximum Gasteiger partial charge on any atom is 0.308 e. The Morgan fingerprint density at radius 3 is 2.38 bits per heavy atom. The zero-order valence-corrected chi connectivity index (χ0v) is 8.93. The standard InChI is InChI=1S/C11H14N2O3/c1-7(11(15)16)6-13-9-4-2-8(3-5-9)10(12)14/h2-5,7,13H,6H2,1H3,(H2,12,14)(H,15,16). The van der Waals surface area contributed by atoms with Crippen molar-refractivity contribution < 1.29 is 14.7 Å². The lowest BCUT2D eigenvalue weighted by atomic mass is 10.1. The highest BCUT2D eigenvalue weighted by atomic mass is 16.4. The van der Waals surface area contributed by atoms with Crippen LogP contribution in [-0.4, -0.2) is 23.5 Å². The molecule has 0 fully saturated rings.